The number of halogens is 2. The van der Waals surface area contributed by atoms with Gasteiger partial charge in [0.25, 0.3) is 5.56 Å². The number of rotatable bonds is 4. The van der Waals surface area contributed by atoms with Gasteiger partial charge in [-0.25, -0.2) is 8.78 Å². The molecule has 0 radical (unpaired) electrons. The number of amides is 1. The highest BCUT2D eigenvalue weighted by Crippen LogP contribution is 2.33. The van der Waals surface area contributed by atoms with Crippen molar-refractivity contribution in [1.82, 2.24) is 14.3 Å². The molecular formula is C18H19F2N5O3S. The number of aromatic amines is 1. The highest BCUT2D eigenvalue weighted by molar-refractivity contribution is 7.12. The van der Waals surface area contributed by atoms with Gasteiger partial charge in [0.05, 0.1) is 17.4 Å². The number of nitrogens with one attached hydrogen (secondary N) is 2. The smallest absolute Gasteiger partial charge is 0.271 e. The SMILES string of the molecule is CCn1c2s[nH]c(=O)c2c(=O)c2cc(F)c(N3CCC(NC(=O)CN)C3)c(F)c21. The highest BCUT2D eigenvalue weighted by Gasteiger charge is 2.30. The Labute approximate surface area is 167 Å². The van der Waals surface area contributed by atoms with Crippen LogP contribution >= 0.6 is 11.5 Å². The van der Waals surface area contributed by atoms with Crippen LogP contribution in [0.3, 0.4) is 0 Å². The average molecular weight is 423 g/mol. The number of nitrogens with two attached hydrogens (primary N) is 1. The van der Waals surface area contributed by atoms with Gasteiger partial charge >= 0.3 is 0 Å². The predicted molar refractivity (Wildman–Crippen MR) is 108 cm³/mol. The van der Waals surface area contributed by atoms with E-state index in [0.717, 1.165) is 17.6 Å². The van der Waals surface area contributed by atoms with Crippen molar-refractivity contribution >= 4 is 44.2 Å². The Bertz CT molecular complexity index is 1250. The Morgan fingerprint density at radius 1 is 1.41 bits per heavy atom. The Morgan fingerprint density at radius 2 is 2.17 bits per heavy atom. The van der Waals surface area contributed by atoms with Gasteiger partial charge in [-0.05, 0) is 30.9 Å². The molecule has 1 fully saturated rings. The van der Waals surface area contributed by atoms with Gasteiger partial charge in [-0.2, -0.15) is 0 Å². The lowest BCUT2D eigenvalue weighted by Crippen LogP contribution is -2.40. The minimum atomic E-state index is -0.883. The van der Waals surface area contributed by atoms with Crippen LogP contribution < -0.4 is 26.9 Å². The summed E-state index contributed by atoms with van der Waals surface area (Å²) >= 11 is 0.947. The molecule has 154 valence electrons. The van der Waals surface area contributed by atoms with Crippen molar-refractivity contribution in [1.29, 1.82) is 0 Å². The number of hydrogen-bond acceptors (Lipinski definition) is 6. The van der Waals surface area contributed by atoms with Gasteiger partial charge < -0.3 is 20.5 Å². The Hall–Kier alpha value is -2.79. The second-order valence-corrected chi connectivity index (χ2v) is 7.70. The molecule has 1 unspecified atom stereocenters. The maximum atomic E-state index is 15.6. The van der Waals surface area contributed by atoms with E-state index in [1.807, 2.05) is 0 Å². The highest BCUT2D eigenvalue weighted by atomic mass is 32.1. The summed E-state index contributed by atoms with van der Waals surface area (Å²) in [5.74, 6) is -2.07. The van der Waals surface area contributed by atoms with E-state index in [2.05, 4.69) is 9.69 Å². The third-order valence-electron chi connectivity index (χ3n) is 5.21. The van der Waals surface area contributed by atoms with Crippen LogP contribution in [0.25, 0.3) is 21.1 Å². The zero-order valence-electron chi connectivity index (χ0n) is 15.6. The normalized spacial score (nSPS) is 16.8. The van der Waals surface area contributed by atoms with E-state index in [0.29, 0.717) is 17.8 Å². The Morgan fingerprint density at radius 3 is 2.86 bits per heavy atom. The van der Waals surface area contributed by atoms with Crippen molar-refractivity contribution < 1.29 is 13.6 Å². The molecule has 1 aliphatic heterocycles. The molecule has 1 aliphatic rings. The fourth-order valence-corrected chi connectivity index (χ4v) is 4.82. The van der Waals surface area contributed by atoms with Gasteiger partial charge in [0.1, 0.15) is 21.7 Å². The van der Waals surface area contributed by atoms with E-state index in [4.69, 9.17) is 5.73 Å². The van der Waals surface area contributed by atoms with Gasteiger partial charge in [0.15, 0.2) is 5.82 Å². The van der Waals surface area contributed by atoms with Gasteiger partial charge in [-0.3, -0.25) is 18.8 Å². The first kappa shape index (κ1) is 19.5. The Kier molecular flexibility index (Phi) is 4.87. The number of carbonyl (C=O) groups excluding carboxylic acids is 1. The number of benzene rings is 1. The maximum absolute atomic E-state index is 15.6. The van der Waals surface area contributed by atoms with Crippen LogP contribution in [0.1, 0.15) is 13.3 Å². The summed E-state index contributed by atoms with van der Waals surface area (Å²) in [6, 6.07) is 0.719. The number of aromatic nitrogens is 2. The summed E-state index contributed by atoms with van der Waals surface area (Å²) in [6.07, 6.45) is 0.516. The summed E-state index contributed by atoms with van der Waals surface area (Å²) < 4.78 is 34.5. The predicted octanol–water partition coefficient (Wildman–Crippen LogP) is 0.856. The molecule has 1 amide bonds. The fraction of sp³-hybridized carbons (Fsp3) is 0.389. The molecule has 0 spiro atoms. The van der Waals surface area contributed by atoms with E-state index in [1.165, 1.54) is 9.47 Å². The van der Waals surface area contributed by atoms with Gasteiger partial charge in [-0.1, -0.05) is 0 Å². The molecular weight excluding hydrogens is 404 g/mol. The van der Waals surface area contributed by atoms with Crippen molar-refractivity contribution in [2.24, 2.45) is 5.73 Å². The quantitative estimate of drug-likeness (QED) is 0.576. The number of fused-ring (bicyclic) bond motifs is 2. The van der Waals surface area contributed by atoms with Crippen LogP contribution in [0.5, 0.6) is 0 Å². The third-order valence-corrected chi connectivity index (χ3v) is 6.11. The second kappa shape index (κ2) is 7.23. The minimum absolute atomic E-state index is 0.0360. The molecule has 11 heteroatoms. The van der Waals surface area contributed by atoms with E-state index in [-0.39, 0.29) is 53.6 Å². The van der Waals surface area contributed by atoms with E-state index < -0.39 is 22.6 Å². The summed E-state index contributed by atoms with van der Waals surface area (Å²) in [5, 5.41) is 2.45. The van der Waals surface area contributed by atoms with Crippen LogP contribution in [-0.4, -0.2) is 40.5 Å². The zero-order chi connectivity index (χ0) is 20.9. The molecule has 1 aromatic carbocycles. The molecule has 0 bridgehead atoms. The fourth-order valence-electron chi connectivity index (χ4n) is 3.92. The van der Waals surface area contributed by atoms with Crippen LogP contribution in [0.15, 0.2) is 15.7 Å². The van der Waals surface area contributed by atoms with Crippen LogP contribution in [0, 0.1) is 11.6 Å². The number of anilines is 1. The lowest BCUT2D eigenvalue weighted by molar-refractivity contribution is -0.120. The largest absolute Gasteiger partial charge is 0.365 e. The molecule has 3 heterocycles. The molecule has 8 nitrogen and oxygen atoms in total. The van der Waals surface area contributed by atoms with E-state index in [9.17, 15) is 18.8 Å². The number of hydrogen-bond donors (Lipinski definition) is 3. The van der Waals surface area contributed by atoms with Crippen molar-refractivity contribution in [3.8, 4) is 0 Å². The first-order chi connectivity index (χ1) is 13.9. The topological polar surface area (TPSA) is 113 Å². The number of H-pyrrole nitrogens is 1. The van der Waals surface area contributed by atoms with Crippen molar-refractivity contribution in [2.45, 2.75) is 25.9 Å². The van der Waals surface area contributed by atoms with Gasteiger partial charge in [-0.15, -0.1) is 0 Å². The first-order valence-electron chi connectivity index (χ1n) is 9.17. The number of carbonyl (C=O) groups is 1. The molecule has 2 aromatic heterocycles. The van der Waals surface area contributed by atoms with E-state index >= 15 is 4.39 Å². The van der Waals surface area contributed by atoms with Crippen LogP contribution in [0.2, 0.25) is 0 Å². The van der Waals surface area contributed by atoms with Crippen molar-refractivity contribution in [3.05, 3.63) is 38.3 Å². The summed E-state index contributed by atoms with van der Waals surface area (Å²) in [5.41, 5.74) is 3.76. The molecule has 0 aliphatic carbocycles. The molecule has 4 N–H and O–H groups in total. The average Bonchev–Trinajstić information content (AvgIpc) is 3.30. The van der Waals surface area contributed by atoms with Crippen LogP contribution in [0.4, 0.5) is 14.5 Å². The monoisotopic (exact) mass is 423 g/mol. The lowest BCUT2D eigenvalue weighted by atomic mass is 10.1. The number of aryl methyl sites for hydroxylation is 1. The Balaban J connectivity index is 1.89. The number of pyridine rings is 1. The van der Waals surface area contributed by atoms with Crippen molar-refractivity contribution in [2.75, 3.05) is 24.5 Å². The summed E-state index contributed by atoms with van der Waals surface area (Å²) in [6.45, 7) is 2.45. The number of nitrogens with zero attached hydrogens (tertiary/aromatic N) is 2. The first-order valence-corrected chi connectivity index (χ1v) is 9.99. The maximum Gasteiger partial charge on any atom is 0.271 e. The summed E-state index contributed by atoms with van der Waals surface area (Å²) in [7, 11) is 0. The molecule has 1 atom stereocenters. The van der Waals surface area contributed by atoms with Crippen LogP contribution in [-0.2, 0) is 11.3 Å². The van der Waals surface area contributed by atoms with E-state index in [1.54, 1.807) is 6.92 Å². The van der Waals surface area contributed by atoms with Crippen molar-refractivity contribution in [3.63, 3.8) is 0 Å². The molecule has 1 saturated heterocycles. The third kappa shape index (κ3) is 3.01. The second-order valence-electron chi connectivity index (χ2n) is 6.91. The van der Waals surface area contributed by atoms with Gasteiger partial charge in [0.2, 0.25) is 11.3 Å². The lowest BCUT2D eigenvalue weighted by Gasteiger charge is -2.22. The zero-order valence-corrected chi connectivity index (χ0v) is 16.4. The molecule has 4 rings (SSSR count). The summed E-state index contributed by atoms with van der Waals surface area (Å²) in [4.78, 5) is 38.1. The standard InChI is InChI=1S/C18H19F2N5O3S/c1-2-25-14-9(16(27)12-17(28)23-29-18(12)25)5-10(19)15(13(14)20)24-4-3-8(7-24)22-11(26)6-21/h5,8H,2-4,6-7,21H2,1H3,(H,22,26)(H,23,28). The molecule has 0 saturated carbocycles. The molecule has 3 aromatic rings. The molecule has 29 heavy (non-hydrogen) atoms. The van der Waals surface area contributed by atoms with Gasteiger partial charge in [0, 0.05) is 25.7 Å². The minimum Gasteiger partial charge on any atom is -0.365 e.